The Hall–Kier alpha value is -1.07. The number of nitrogens with one attached hydrogen (secondary N) is 2. The Labute approximate surface area is 137 Å². The molecule has 2 rings (SSSR count). The van der Waals surface area contributed by atoms with Crippen molar-refractivity contribution < 1.29 is 25.3 Å². The van der Waals surface area contributed by atoms with Crippen molar-refractivity contribution in [2.75, 3.05) is 27.9 Å². The normalized spacial score (nSPS) is 24.7. The second-order valence-electron chi connectivity index (χ2n) is 5.43. The highest BCUT2D eigenvalue weighted by atomic mass is 16.6. The zero-order valence-electron chi connectivity index (χ0n) is 14.8. The van der Waals surface area contributed by atoms with Gasteiger partial charge in [0.2, 0.25) is 0 Å². The molecule has 134 valence electrons. The molecular weight excluding hydrogens is 300 g/mol. The number of quaternary nitrogens is 2. The lowest BCUT2D eigenvalue weighted by molar-refractivity contribution is -0.830. The molecule has 2 unspecified atom stereocenters. The molecule has 9 nitrogen and oxygen atoms in total. The van der Waals surface area contributed by atoms with Gasteiger partial charge in [-0.2, -0.15) is 21.5 Å². The lowest BCUT2D eigenvalue weighted by Crippen LogP contribution is -3.02. The van der Waals surface area contributed by atoms with E-state index in [1.54, 1.807) is 30.6 Å². The Bertz CT molecular complexity index is 417. The van der Waals surface area contributed by atoms with Crippen molar-refractivity contribution in [2.45, 2.75) is 38.0 Å². The molecule has 23 heavy (non-hydrogen) atoms. The molecule has 0 amide bonds. The zero-order chi connectivity index (χ0) is 17.1. The fraction of sp³-hybridized carbons (Fsp3) is 0.786. The highest BCUT2D eigenvalue weighted by Crippen LogP contribution is 2.16. The van der Waals surface area contributed by atoms with Crippen molar-refractivity contribution in [3.05, 3.63) is 12.4 Å². The van der Waals surface area contributed by atoms with E-state index in [2.05, 4.69) is 22.9 Å². The Morgan fingerprint density at radius 2 is 2.22 bits per heavy atom. The predicted molar refractivity (Wildman–Crippen MR) is 85.2 cm³/mol. The van der Waals surface area contributed by atoms with Gasteiger partial charge in [0.1, 0.15) is 12.3 Å². The molecule has 0 aliphatic carbocycles. The molecular formula is C14H32N6O3+2. The summed E-state index contributed by atoms with van der Waals surface area (Å²) in [6, 6.07) is 0.338. The van der Waals surface area contributed by atoms with E-state index in [1.165, 1.54) is 0 Å². The van der Waals surface area contributed by atoms with Gasteiger partial charge in [-0.3, -0.25) is 4.68 Å². The first-order valence-electron chi connectivity index (χ1n) is 7.86. The van der Waals surface area contributed by atoms with E-state index >= 15 is 0 Å². The van der Waals surface area contributed by atoms with Crippen LogP contribution in [-0.2, 0) is 21.4 Å². The van der Waals surface area contributed by atoms with Gasteiger partial charge >= 0.3 is 0 Å². The Morgan fingerprint density at radius 3 is 2.78 bits per heavy atom. The third-order valence-corrected chi connectivity index (χ3v) is 3.59. The largest absolute Gasteiger partial charge is 0.377 e. The minimum absolute atomic E-state index is 0.127. The van der Waals surface area contributed by atoms with Gasteiger partial charge in [-0.25, -0.2) is 4.84 Å². The molecule has 0 radical (unpaired) electrons. The lowest BCUT2D eigenvalue weighted by Gasteiger charge is -2.26. The molecule has 0 saturated carbocycles. The summed E-state index contributed by atoms with van der Waals surface area (Å²) < 4.78 is 12.8. The van der Waals surface area contributed by atoms with Crippen LogP contribution in [0.15, 0.2) is 12.4 Å². The maximum Gasteiger partial charge on any atom is 0.200 e. The quantitative estimate of drug-likeness (QED) is 0.353. The number of nitrogens with zero attached hydrogens (tertiary/aromatic N) is 2. The van der Waals surface area contributed by atoms with Gasteiger partial charge in [0.25, 0.3) is 0 Å². The molecule has 9 heteroatoms. The molecule has 1 aromatic heterocycles. The topological polar surface area (TPSA) is 103 Å². The second-order valence-corrected chi connectivity index (χ2v) is 5.43. The first-order chi connectivity index (χ1) is 11.1. The van der Waals surface area contributed by atoms with Crippen LogP contribution in [0.1, 0.15) is 19.8 Å². The molecule has 0 spiro atoms. The highest BCUT2D eigenvalue weighted by Gasteiger charge is 2.30. The standard InChI is InChI=1S/C9H21N3O2.C5H9N3O/c1-7-9(13-3)8(11-12-10-2)5-4-6-14-7;1-8-4-5(3-6-8)7-9-2/h7-12H,4-6H2,1-3H3;3-4,7H,1-2H3/p+2/t7?,8?,9-;/m1./s1. The van der Waals surface area contributed by atoms with Gasteiger partial charge in [-0.1, -0.05) is 0 Å². The van der Waals surface area contributed by atoms with Crippen molar-refractivity contribution in [2.24, 2.45) is 7.05 Å². The van der Waals surface area contributed by atoms with Crippen molar-refractivity contribution in [1.29, 1.82) is 0 Å². The number of nitrogens with two attached hydrogens (primary N) is 2. The van der Waals surface area contributed by atoms with Gasteiger partial charge in [-0.05, 0) is 19.8 Å². The molecule has 1 aliphatic rings. The molecule has 1 fully saturated rings. The van der Waals surface area contributed by atoms with Gasteiger partial charge in [0.05, 0.1) is 25.5 Å². The van der Waals surface area contributed by atoms with Gasteiger partial charge < -0.3 is 9.47 Å². The summed E-state index contributed by atoms with van der Waals surface area (Å²) >= 11 is 0. The maximum atomic E-state index is 5.62. The number of methoxy groups -OCH3 is 1. The molecule has 6 N–H and O–H groups in total. The lowest BCUT2D eigenvalue weighted by atomic mass is 10.0. The maximum absolute atomic E-state index is 5.62. The molecule has 1 aliphatic heterocycles. The summed E-state index contributed by atoms with van der Waals surface area (Å²) in [7, 11) is 7.11. The van der Waals surface area contributed by atoms with Crippen molar-refractivity contribution >= 4 is 5.69 Å². The summed E-state index contributed by atoms with van der Waals surface area (Å²) in [5.74, 6) is 0. The number of aromatic nitrogens is 2. The number of hydrogen-bond donors (Lipinski definition) is 4. The molecule has 3 atom stereocenters. The van der Waals surface area contributed by atoms with Crippen LogP contribution in [0.5, 0.6) is 0 Å². The number of hydrogen-bond acceptors (Lipinski definition) is 6. The first-order valence-corrected chi connectivity index (χ1v) is 7.86. The summed E-state index contributed by atoms with van der Waals surface area (Å²) in [6.45, 7) is 2.90. The van der Waals surface area contributed by atoms with Crippen LogP contribution >= 0.6 is 0 Å². The van der Waals surface area contributed by atoms with E-state index in [-0.39, 0.29) is 12.2 Å². The average molecular weight is 332 g/mol. The van der Waals surface area contributed by atoms with E-state index in [0.717, 1.165) is 25.1 Å². The van der Waals surface area contributed by atoms with Crippen molar-refractivity contribution in [3.8, 4) is 0 Å². The van der Waals surface area contributed by atoms with Crippen molar-refractivity contribution in [3.63, 3.8) is 0 Å². The Morgan fingerprint density at radius 1 is 1.43 bits per heavy atom. The van der Waals surface area contributed by atoms with Crippen LogP contribution in [0, 0.1) is 0 Å². The van der Waals surface area contributed by atoms with Crippen LogP contribution in [0.25, 0.3) is 0 Å². The minimum Gasteiger partial charge on any atom is -0.377 e. The van der Waals surface area contributed by atoms with E-state index in [9.17, 15) is 0 Å². The van der Waals surface area contributed by atoms with E-state index < -0.39 is 0 Å². The summed E-state index contributed by atoms with van der Waals surface area (Å²) in [6.07, 6.45) is 6.07. The van der Waals surface area contributed by atoms with Crippen LogP contribution in [0.3, 0.4) is 0 Å². The van der Waals surface area contributed by atoms with E-state index in [4.69, 9.17) is 14.3 Å². The van der Waals surface area contributed by atoms with Gasteiger partial charge in [-0.15, -0.1) is 5.43 Å². The summed E-state index contributed by atoms with van der Waals surface area (Å²) in [5.41, 5.74) is 10.8. The van der Waals surface area contributed by atoms with Crippen LogP contribution in [-0.4, -0.2) is 55.9 Å². The first kappa shape index (κ1) is 20.0. The SMILES string of the molecule is CN[NH2+]NC1CCCOC(C)[C@H]1OC.CO[NH2+]c1cnn(C)c1. The summed E-state index contributed by atoms with van der Waals surface area (Å²) in [4.78, 5) is 4.76. The van der Waals surface area contributed by atoms with Crippen molar-refractivity contribution in [1.82, 2.24) is 20.6 Å². The smallest absolute Gasteiger partial charge is 0.200 e. The Kier molecular flexibility index (Phi) is 9.96. The van der Waals surface area contributed by atoms with Crippen LogP contribution in [0.4, 0.5) is 5.69 Å². The molecule has 1 saturated heterocycles. The monoisotopic (exact) mass is 332 g/mol. The summed E-state index contributed by atoms with van der Waals surface area (Å²) in [5, 5.41) is 3.94. The minimum atomic E-state index is 0.127. The fourth-order valence-electron chi connectivity index (χ4n) is 2.52. The molecule has 2 heterocycles. The Balaban J connectivity index is 0.000000253. The van der Waals surface area contributed by atoms with Gasteiger partial charge in [0.15, 0.2) is 5.69 Å². The third-order valence-electron chi connectivity index (χ3n) is 3.59. The van der Waals surface area contributed by atoms with E-state index in [1.807, 2.05) is 25.8 Å². The average Bonchev–Trinajstić information content (AvgIpc) is 2.86. The molecule has 0 bridgehead atoms. The highest BCUT2D eigenvalue weighted by molar-refractivity contribution is 5.17. The predicted octanol–water partition coefficient (Wildman–Crippen LogP) is -2.05. The molecule has 1 aromatic rings. The van der Waals surface area contributed by atoms with Gasteiger partial charge in [0, 0.05) is 27.8 Å². The number of ether oxygens (including phenoxy) is 2. The number of aryl methyl sites for hydroxylation is 1. The van der Waals surface area contributed by atoms with Crippen LogP contribution < -0.4 is 21.9 Å². The fourth-order valence-corrected chi connectivity index (χ4v) is 2.52. The number of rotatable bonds is 6. The molecule has 0 aromatic carbocycles. The van der Waals surface area contributed by atoms with Crippen LogP contribution in [0.2, 0.25) is 0 Å². The zero-order valence-corrected chi connectivity index (χ0v) is 14.8. The van der Waals surface area contributed by atoms with E-state index in [0.29, 0.717) is 6.04 Å². The third kappa shape index (κ3) is 7.36. The second kappa shape index (κ2) is 11.5.